The third-order valence-corrected chi connectivity index (χ3v) is 3.19. The first-order chi connectivity index (χ1) is 7.84. The largest absolute Gasteiger partial charge is 0.293 e. The summed E-state index contributed by atoms with van der Waals surface area (Å²) in [4.78, 5) is 12.0. The van der Waals surface area contributed by atoms with E-state index in [4.69, 9.17) is 11.6 Å². The molecule has 0 saturated heterocycles. The summed E-state index contributed by atoms with van der Waals surface area (Å²) in [5.41, 5.74) is 3.15. The van der Waals surface area contributed by atoms with Gasteiger partial charge in [0.05, 0.1) is 5.38 Å². The lowest BCUT2D eigenvalue weighted by Crippen LogP contribution is -2.14. The first-order valence-electron chi connectivity index (χ1n) is 6.16. The molecule has 2 heteroatoms. The van der Waals surface area contributed by atoms with Gasteiger partial charge in [0.2, 0.25) is 0 Å². The van der Waals surface area contributed by atoms with Gasteiger partial charge in [-0.15, -0.1) is 11.6 Å². The van der Waals surface area contributed by atoms with Crippen molar-refractivity contribution in [2.24, 2.45) is 0 Å². The number of benzene rings is 1. The highest BCUT2D eigenvalue weighted by Crippen LogP contribution is 2.26. The minimum atomic E-state index is -0.461. The third-order valence-electron chi connectivity index (χ3n) is 2.99. The molecular weight excluding hydrogens is 232 g/mol. The molecule has 0 N–H and O–H groups in total. The maximum absolute atomic E-state index is 12.0. The fourth-order valence-electron chi connectivity index (χ4n) is 1.86. The lowest BCUT2D eigenvalue weighted by molar-refractivity contribution is 0.0990. The van der Waals surface area contributed by atoms with Crippen molar-refractivity contribution in [2.45, 2.75) is 51.8 Å². The number of halogens is 1. The molecule has 0 radical (unpaired) electrons. The molecule has 0 bridgehead atoms. The SMILES string of the molecule is CC(C)c1ccc(C(=O)[C@@H](C)Cl)c(C(C)C)c1. The van der Waals surface area contributed by atoms with E-state index in [0.717, 1.165) is 11.1 Å². The summed E-state index contributed by atoms with van der Waals surface area (Å²) in [6.45, 7) is 10.3. The van der Waals surface area contributed by atoms with Crippen LogP contribution in [0, 0.1) is 0 Å². The summed E-state index contributed by atoms with van der Waals surface area (Å²) in [7, 11) is 0. The van der Waals surface area contributed by atoms with Gasteiger partial charge in [-0.3, -0.25) is 4.79 Å². The third kappa shape index (κ3) is 3.32. The number of carbonyl (C=O) groups is 1. The van der Waals surface area contributed by atoms with E-state index in [-0.39, 0.29) is 5.78 Å². The van der Waals surface area contributed by atoms with Crippen LogP contribution in [0.15, 0.2) is 18.2 Å². The zero-order chi connectivity index (χ0) is 13.2. The van der Waals surface area contributed by atoms with Gasteiger partial charge in [0.1, 0.15) is 0 Å². The Kier molecular flexibility index (Phi) is 4.76. The molecule has 0 aromatic heterocycles. The maximum Gasteiger partial charge on any atom is 0.180 e. The lowest BCUT2D eigenvalue weighted by atomic mass is 9.89. The molecule has 1 atom stereocenters. The minimum Gasteiger partial charge on any atom is -0.293 e. The smallest absolute Gasteiger partial charge is 0.180 e. The molecule has 1 rings (SSSR count). The van der Waals surface area contributed by atoms with Crippen molar-refractivity contribution in [3.63, 3.8) is 0 Å². The van der Waals surface area contributed by atoms with Crippen LogP contribution in [-0.2, 0) is 0 Å². The Morgan fingerprint density at radius 2 is 1.65 bits per heavy atom. The summed E-state index contributed by atoms with van der Waals surface area (Å²) in [5.74, 6) is 0.832. The van der Waals surface area contributed by atoms with Crippen molar-refractivity contribution in [3.8, 4) is 0 Å². The van der Waals surface area contributed by atoms with Crippen molar-refractivity contribution in [3.05, 3.63) is 34.9 Å². The van der Waals surface area contributed by atoms with Crippen LogP contribution in [0.4, 0.5) is 0 Å². The fourth-order valence-corrected chi connectivity index (χ4v) is 1.97. The Balaban J connectivity index is 3.27. The number of rotatable bonds is 4. The first-order valence-corrected chi connectivity index (χ1v) is 6.60. The van der Waals surface area contributed by atoms with Crippen molar-refractivity contribution < 1.29 is 4.79 Å². The second-order valence-electron chi connectivity index (χ2n) is 5.14. The first kappa shape index (κ1) is 14.2. The summed E-state index contributed by atoms with van der Waals surface area (Å²) in [5, 5.41) is -0.461. The van der Waals surface area contributed by atoms with Crippen molar-refractivity contribution in [1.29, 1.82) is 0 Å². The molecule has 17 heavy (non-hydrogen) atoms. The van der Waals surface area contributed by atoms with Gasteiger partial charge >= 0.3 is 0 Å². The van der Waals surface area contributed by atoms with Gasteiger partial charge in [-0.2, -0.15) is 0 Å². The number of Topliss-reactive ketones (excluding diaryl/α,β-unsaturated/α-hetero) is 1. The van der Waals surface area contributed by atoms with Gasteiger partial charge in [0.15, 0.2) is 5.78 Å². The van der Waals surface area contributed by atoms with Crippen molar-refractivity contribution in [1.82, 2.24) is 0 Å². The van der Waals surface area contributed by atoms with E-state index in [1.807, 2.05) is 12.1 Å². The molecule has 0 aliphatic rings. The number of hydrogen-bond acceptors (Lipinski definition) is 1. The highest BCUT2D eigenvalue weighted by molar-refractivity contribution is 6.33. The predicted molar refractivity (Wildman–Crippen MR) is 74.3 cm³/mol. The molecule has 1 nitrogen and oxygen atoms in total. The molecule has 1 aromatic carbocycles. The van der Waals surface area contributed by atoms with Crippen LogP contribution in [0.1, 0.15) is 67.9 Å². The maximum atomic E-state index is 12.0. The van der Waals surface area contributed by atoms with Crippen LogP contribution in [0.5, 0.6) is 0 Å². The van der Waals surface area contributed by atoms with Crippen LogP contribution in [0.25, 0.3) is 0 Å². The minimum absolute atomic E-state index is 0.0191. The quantitative estimate of drug-likeness (QED) is 0.559. The average Bonchev–Trinajstić information content (AvgIpc) is 2.26. The van der Waals surface area contributed by atoms with Gasteiger partial charge < -0.3 is 0 Å². The Morgan fingerprint density at radius 3 is 2.06 bits per heavy atom. The highest BCUT2D eigenvalue weighted by Gasteiger charge is 2.18. The standard InChI is InChI=1S/C15H21ClO/c1-9(2)12-6-7-13(15(17)11(5)16)14(8-12)10(3)4/h6-11H,1-5H3/t11-/m1/s1. The van der Waals surface area contributed by atoms with Gasteiger partial charge in [0.25, 0.3) is 0 Å². The Labute approximate surface area is 109 Å². The zero-order valence-corrected chi connectivity index (χ0v) is 12.0. The van der Waals surface area contributed by atoms with Gasteiger partial charge in [-0.05, 0) is 29.9 Å². The molecular formula is C15H21ClO. The van der Waals surface area contributed by atoms with Gasteiger partial charge in [-0.25, -0.2) is 0 Å². The summed E-state index contributed by atoms with van der Waals surface area (Å²) in [6, 6.07) is 6.09. The van der Waals surface area contributed by atoms with E-state index < -0.39 is 5.38 Å². The number of carbonyl (C=O) groups excluding carboxylic acids is 1. The molecule has 0 fully saturated rings. The molecule has 0 saturated carbocycles. The van der Waals surface area contributed by atoms with Crippen molar-refractivity contribution >= 4 is 17.4 Å². The highest BCUT2D eigenvalue weighted by atomic mass is 35.5. The van der Waals surface area contributed by atoms with Crippen LogP contribution >= 0.6 is 11.6 Å². The molecule has 0 aliphatic heterocycles. The van der Waals surface area contributed by atoms with E-state index in [1.54, 1.807) is 6.92 Å². The Bertz CT molecular complexity index is 405. The Morgan fingerprint density at radius 1 is 1.06 bits per heavy atom. The second-order valence-corrected chi connectivity index (χ2v) is 5.79. The fraction of sp³-hybridized carbons (Fsp3) is 0.533. The van der Waals surface area contributed by atoms with E-state index in [9.17, 15) is 4.79 Å². The van der Waals surface area contributed by atoms with Gasteiger partial charge in [0, 0.05) is 5.56 Å². The Hall–Kier alpha value is -0.820. The van der Waals surface area contributed by atoms with Crippen molar-refractivity contribution in [2.75, 3.05) is 0 Å². The second kappa shape index (κ2) is 5.68. The predicted octanol–water partition coefficient (Wildman–Crippen LogP) is 4.74. The molecule has 0 spiro atoms. The number of ketones is 1. The number of hydrogen-bond donors (Lipinski definition) is 0. The molecule has 0 amide bonds. The average molecular weight is 253 g/mol. The van der Waals surface area contributed by atoms with Crippen LogP contribution < -0.4 is 0 Å². The lowest BCUT2D eigenvalue weighted by Gasteiger charge is -2.16. The molecule has 0 unspecified atom stereocenters. The summed E-state index contributed by atoms with van der Waals surface area (Å²) < 4.78 is 0. The van der Waals surface area contributed by atoms with E-state index in [1.165, 1.54) is 5.56 Å². The number of alkyl halides is 1. The summed E-state index contributed by atoms with van der Waals surface area (Å²) >= 11 is 5.89. The molecule has 94 valence electrons. The topological polar surface area (TPSA) is 17.1 Å². The molecule has 1 aromatic rings. The zero-order valence-electron chi connectivity index (χ0n) is 11.3. The van der Waals surface area contributed by atoms with Crippen LogP contribution in [0.2, 0.25) is 0 Å². The van der Waals surface area contributed by atoms with Crippen LogP contribution in [0.3, 0.4) is 0 Å². The molecule has 0 aliphatic carbocycles. The van der Waals surface area contributed by atoms with E-state index in [2.05, 4.69) is 33.8 Å². The normalized spacial score (nSPS) is 13.2. The van der Waals surface area contributed by atoms with E-state index >= 15 is 0 Å². The monoisotopic (exact) mass is 252 g/mol. The van der Waals surface area contributed by atoms with E-state index in [0.29, 0.717) is 11.8 Å². The van der Waals surface area contributed by atoms with Gasteiger partial charge in [-0.1, -0.05) is 45.9 Å². The van der Waals surface area contributed by atoms with Crippen LogP contribution in [-0.4, -0.2) is 11.2 Å². The molecule has 0 heterocycles. The summed E-state index contributed by atoms with van der Waals surface area (Å²) in [6.07, 6.45) is 0.